The number of nitrogens with two attached hydrogens (primary N) is 2. The Hall–Kier alpha value is -6.78. The third-order valence-corrected chi connectivity index (χ3v) is 10.2. The minimum atomic E-state index is -0.927. The van der Waals surface area contributed by atoms with Gasteiger partial charge in [-0.05, 0) is 171 Å². The van der Waals surface area contributed by atoms with E-state index in [1.54, 1.807) is 40.9 Å². The van der Waals surface area contributed by atoms with E-state index < -0.39 is 52.8 Å². The van der Waals surface area contributed by atoms with Gasteiger partial charge in [-0.25, -0.2) is 37.4 Å². The van der Waals surface area contributed by atoms with Gasteiger partial charge in [-0.2, -0.15) is 0 Å². The Morgan fingerprint density at radius 2 is 0.904 bits per heavy atom. The number of benzene rings is 5. The number of phenols is 1. The topological polar surface area (TPSA) is 292 Å². The van der Waals surface area contributed by atoms with Crippen LogP contribution in [0.25, 0.3) is 0 Å². The Morgan fingerprint density at radius 3 is 1.25 bits per heavy atom. The molecule has 7 N–H and O–H groups in total. The normalized spacial score (nSPS) is 9.96. The number of ketones is 4. The van der Waals surface area contributed by atoms with Crippen molar-refractivity contribution in [3.8, 4) is 28.7 Å². The molecule has 1 unspecified atom stereocenters. The summed E-state index contributed by atoms with van der Waals surface area (Å²) < 4.78 is 98.4. The van der Waals surface area contributed by atoms with Crippen LogP contribution < -0.4 is 30.6 Å². The van der Waals surface area contributed by atoms with Gasteiger partial charge in [-0.3, -0.25) is 19.2 Å². The van der Waals surface area contributed by atoms with Crippen molar-refractivity contribution in [3.05, 3.63) is 146 Å². The van der Waals surface area contributed by atoms with Gasteiger partial charge in [-0.1, -0.05) is 16.8 Å². The van der Waals surface area contributed by atoms with Crippen LogP contribution >= 0.6 is 55.9 Å². The number of Topliss-reactive ketones (excluding diaryl/α,β-unsaturated/α-hetero) is 4. The minimum Gasteiger partial charge on any atom is -0.507 e. The maximum atomic E-state index is 13.0. The number of aromatic hydroxyl groups is 1. The number of alkyl halides is 1. The van der Waals surface area contributed by atoms with E-state index in [2.05, 4.69) is 57.1 Å². The second-order valence-electron chi connectivity index (χ2n) is 14.7. The van der Waals surface area contributed by atoms with E-state index in [-0.39, 0.29) is 71.4 Å². The monoisotopic (exact) mass is 1350 g/mol. The van der Waals surface area contributed by atoms with Crippen LogP contribution in [0, 0.1) is 29.1 Å². The van der Waals surface area contributed by atoms with Crippen molar-refractivity contribution < 1.29 is 99.4 Å². The smallest absolute Gasteiger partial charge is 0.417 e. The molecule has 5 aromatic carbocycles. The molecule has 0 amide bonds. The molecule has 462 valence electrons. The molecule has 5 rings (SSSR count). The zero-order valence-electron chi connectivity index (χ0n) is 46.9. The highest BCUT2D eigenvalue weighted by Crippen LogP contribution is 2.27. The summed E-state index contributed by atoms with van der Waals surface area (Å²) in [7, 11) is 1.55. The number of phenolic OH excluding ortho intramolecular Hbond substituents is 1. The van der Waals surface area contributed by atoms with Gasteiger partial charge >= 0.3 is 11.9 Å². The number of hydrogen-bond acceptors (Lipinski definition) is 19. The highest BCUT2D eigenvalue weighted by atomic mass is 79.9. The average Bonchev–Trinajstić information content (AvgIpc) is 3.56. The van der Waals surface area contributed by atoms with Gasteiger partial charge in [0.2, 0.25) is 5.78 Å². The average molecular weight is 1350 g/mol. The van der Waals surface area contributed by atoms with Crippen molar-refractivity contribution in [3.63, 3.8) is 0 Å². The van der Waals surface area contributed by atoms with E-state index in [1.807, 2.05) is 13.8 Å². The largest absolute Gasteiger partial charge is 0.507 e. The lowest BCUT2D eigenvalue weighted by molar-refractivity contribution is -0.167. The van der Waals surface area contributed by atoms with E-state index >= 15 is 0 Å². The molecule has 0 aromatic heterocycles. The number of carbonyl (C=O) groups is 6. The Morgan fingerprint density at radius 1 is 0.554 bits per heavy atom. The first-order valence-corrected chi connectivity index (χ1v) is 26.1. The molecule has 0 spiro atoms. The molecular formula is C55H68Br2Cl2F5N3O16. The van der Waals surface area contributed by atoms with E-state index in [1.165, 1.54) is 86.6 Å². The Labute approximate surface area is 505 Å². The number of carbonyl (C=O) groups excluding carboxylic acids is 6. The number of oxime groups is 1. The molecule has 19 nitrogen and oxygen atoms in total. The minimum absolute atomic E-state index is 0. The van der Waals surface area contributed by atoms with Crippen molar-refractivity contribution in [1.29, 1.82) is 0 Å². The maximum Gasteiger partial charge on any atom is 0.417 e. The summed E-state index contributed by atoms with van der Waals surface area (Å²) in [5.41, 5.74) is 5.94. The van der Waals surface area contributed by atoms with Crippen molar-refractivity contribution >= 4 is 96.7 Å². The fourth-order valence-electron chi connectivity index (χ4n) is 5.31. The van der Waals surface area contributed by atoms with Crippen LogP contribution in [0.3, 0.4) is 0 Å². The molecule has 0 aliphatic rings. The second-order valence-corrected chi connectivity index (χ2v) is 16.6. The molecule has 5 aromatic rings. The SMILES string of the molecule is CCOC(=O)C(=O)OCC.CCOc1ccc(F)cc1Br.CCOc1ccc(F)cc1C(=NO)C(C)=O.CCOc1ccc(F)cc1C(=O)C(C)=O.CCOc1ccc(F)cc1C(N)C(C)=O.COCCl.Cl.NO.Oc1ccc(F)cc1Br. The van der Waals surface area contributed by atoms with Crippen molar-refractivity contribution in [2.75, 3.05) is 52.8 Å². The van der Waals surface area contributed by atoms with E-state index in [9.17, 15) is 50.7 Å². The highest BCUT2D eigenvalue weighted by Gasteiger charge is 2.20. The Bertz CT molecular complexity index is 2770. The van der Waals surface area contributed by atoms with Crippen LogP contribution in [0.15, 0.2) is 105 Å². The quantitative estimate of drug-likeness (QED) is 0.00845. The van der Waals surface area contributed by atoms with Gasteiger partial charge in [0, 0.05) is 26.5 Å². The third kappa shape index (κ3) is 35.1. The van der Waals surface area contributed by atoms with Gasteiger partial charge in [0.05, 0.1) is 65.8 Å². The molecule has 0 heterocycles. The number of rotatable bonds is 17. The molecule has 28 heteroatoms. The molecule has 0 aliphatic heterocycles. The van der Waals surface area contributed by atoms with Crippen molar-refractivity contribution in [2.24, 2.45) is 16.8 Å². The third-order valence-electron chi connectivity index (χ3n) is 8.71. The molecule has 0 bridgehead atoms. The number of hydrogen-bond donors (Lipinski definition) is 5. The number of ether oxygens (including phenoxy) is 7. The van der Waals surface area contributed by atoms with Gasteiger partial charge in [0.1, 0.15) is 63.9 Å². The van der Waals surface area contributed by atoms with Crippen LogP contribution in [0.1, 0.15) is 89.8 Å². The summed E-state index contributed by atoms with van der Waals surface area (Å²) in [4.78, 5) is 65.4. The number of nitrogens with zero attached hydrogens (tertiary/aromatic N) is 1. The lowest BCUT2D eigenvalue weighted by atomic mass is 10.0. The van der Waals surface area contributed by atoms with Crippen LogP contribution in [0.5, 0.6) is 28.7 Å². The van der Waals surface area contributed by atoms with E-state index in [0.29, 0.717) is 64.3 Å². The number of esters is 2. The van der Waals surface area contributed by atoms with Crippen LogP contribution in [0.4, 0.5) is 22.0 Å². The lowest BCUT2D eigenvalue weighted by Crippen LogP contribution is -2.19. The number of halogens is 9. The van der Waals surface area contributed by atoms with Crippen LogP contribution in [0.2, 0.25) is 0 Å². The first-order valence-electron chi connectivity index (χ1n) is 24.0. The van der Waals surface area contributed by atoms with E-state index in [4.69, 9.17) is 51.8 Å². The molecule has 1 atom stereocenters. The molecule has 0 fully saturated rings. The molecule has 0 radical (unpaired) electrons. The molecular weight excluding hydrogens is 1280 g/mol. The van der Waals surface area contributed by atoms with Gasteiger partial charge < -0.3 is 54.4 Å². The summed E-state index contributed by atoms with van der Waals surface area (Å²) in [5, 5.41) is 26.9. The predicted molar refractivity (Wildman–Crippen MR) is 310 cm³/mol. The first-order chi connectivity index (χ1) is 38.8. The van der Waals surface area contributed by atoms with Gasteiger partial charge in [0.15, 0.2) is 23.1 Å². The standard InChI is InChI=1S/C11H12FNO3.C11H14FNO2.C11H11FO3.C8H8BrFO.C6H4BrFO.C6H10O4.C2H5ClO.ClH.H3NO/c1-3-16-10-5-4-8(12)6-9(10)11(13-15)7(2)14;1-3-15-10-5-4-8(12)6-9(10)11(13)7(2)14;1-3-15-10-5-4-8(12)6-9(10)11(14)7(2)13;1-2-11-8-4-3-6(10)5-7(8)9;7-5-3-4(8)1-2-6(5)9;1-3-9-5(7)6(8)10-4-2;1-4-2-3;;1-2/h4-6,15H,3H2,1-2H3;4-6,11H,3,13H2,1-2H3;4-6H,3H2,1-2H3;3-5H,2H2,1H3;1-3,9H;3-4H2,1-2H3;2H2,1H3;1H;2H,1H2. The molecule has 0 saturated heterocycles. The maximum absolute atomic E-state index is 13.0. The predicted octanol–water partition coefficient (Wildman–Crippen LogP) is 11.8. The number of methoxy groups -OCH3 is 1. The zero-order chi connectivity index (χ0) is 63.5. The van der Waals surface area contributed by atoms with Gasteiger partial charge in [0.25, 0.3) is 0 Å². The second kappa shape index (κ2) is 48.7. The Balaban J connectivity index is -0.000000446. The zero-order valence-corrected chi connectivity index (χ0v) is 51.6. The first kappa shape index (κ1) is 82.7. The summed E-state index contributed by atoms with van der Waals surface area (Å²) >= 11 is 11.1. The van der Waals surface area contributed by atoms with Gasteiger partial charge in [-0.15, -0.1) is 12.4 Å². The fraction of sp³-hybridized carbons (Fsp3) is 0.327. The van der Waals surface area contributed by atoms with Crippen LogP contribution in [-0.4, -0.2) is 109 Å². The molecule has 83 heavy (non-hydrogen) atoms. The molecule has 0 saturated carbocycles. The summed E-state index contributed by atoms with van der Waals surface area (Å²) in [6.07, 6.45) is 0. The Kier molecular flexibility index (Phi) is 48.5. The molecule has 0 aliphatic carbocycles. The van der Waals surface area contributed by atoms with Crippen molar-refractivity contribution in [1.82, 2.24) is 0 Å². The lowest BCUT2D eigenvalue weighted by Gasteiger charge is -2.14. The summed E-state index contributed by atoms with van der Waals surface area (Å²) in [6, 6.07) is 18.7. The van der Waals surface area contributed by atoms with E-state index in [0.717, 1.165) is 19.1 Å². The fourth-order valence-corrected chi connectivity index (χ4v) is 6.13. The van der Waals surface area contributed by atoms with Crippen molar-refractivity contribution in [2.45, 2.75) is 68.4 Å². The highest BCUT2D eigenvalue weighted by molar-refractivity contribution is 9.11. The summed E-state index contributed by atoms with van der Waals surface area (Å²) in [5.74, 6) is -0.823. The van der Waals surface area contributed by atoms with Crippen LogP contribution in [-0.2, 0) is 38.2 Å². The summed E-state index contributed by atoms with van der Waals surface area (Å²) in [6.45, 7) is 16.3.